The van der Waals surface area contributed by atoms with E-state index in [-0.39, 0.29) is 12.3 Å². The number of hydrazine groups is 1. The van der Waals surface area contributed by atoms with Crippen molar-refractivity contribution in [1.82, 2.24) is 5.01 Å². The van der Waals surface area contributed by atoms with E-state index in [1.807, 2.05) is 6.92 Å². The van der Waals surface area contributed by atoms with Crippen LogP contribution in [0.15, 0.2) is 0 Å². The highest BCUT2D eigenvalue weighted by molar-refractivity contribution is 5.77. The van der Waals surface area contributed by atoms with Crippen molar-refractivity contribution < 1.29 is 4.79 Å². The largest absolute Gasteiger partial charge is 0.280 e. The van der Waals surface area contributed by atoms with Gasteiger partial charge in [-0.3, -0.25) is 9.80 Å². The number of carbonyl (C=O) groups is 1. The van der Waals surface area contributed by atoms with E-state index >= 15 is 0 Å². The number of nitrogens with zero attached hydrogens (tertiary/aromatic N) is 2. The van der Waals surface area contributed by atoms with Crippen LogP contribution in [0.2, 0.25) is 0 Å². The van der Waals surface area contributed by atoms with Gasteiger partial charge >= 0.3 is 0 Å². The van der Waals surface area contributed by atoms with Crippen molar-refractivity contribution in [2.75, 3.05) is 6.54 Å². The van der Waals surface area contributed by atoms with Gasteiger partial charge in [0.1, 0.15) is 6.42 Å². The summed E-state index contributed by atoms with van der Waals surface area (Å²) in [5.41, 5.74) is 0. The maximum atomic E-state index is 10.7. The smallest absolute Gasteiger partial charge is 0.250 e. The van der Waals surface area contributed by atoms with Crippen molar-refractivity contribution in [2.45, 2.75) is 19.8 Å². The molecule has 0 heterocycles. The van der Waals surface area contributed by atoms with E-state index in [1.165, 1.54) is 0 Å². The van der Waals surface area contributed by atoms with Gasteiger partial charge in [0.25, 0.3) is 5.91 Å². The molecule has 4 heteroatoms. The summed E-state index contributed by atoms with van der Waals surface area (Å²) in [6, 6.07) is 1.74. The number of hydrogen-bond donors (Lipinski definition) is 1. The summed E-state index contributed by atoms with van der Waals surface area (Å²) >= 11 is 0. The Hall–Kier alpha value is -1.08. The van der Waals surface area contributed by atoms with E-state index in [0.29, 0.717) is 6.54 Å². The Morgan fingerprint density at radius 2 is 2.40 bits per heavy atom. The average Bonchev–Trinajstić information content (AvgIpc) is 1.89. The maximum absolute atomic E-state index is 10.7. The quantitative estimate of drug-likeness (QED) is 0.342. The first-order chi connectivity index (χ1) is 4.72. The van der Waals surface area contributed by atoms with E-state index in [4.69, 9.17) is 11.1 Å². The lowest BCUT2D eigenvalue weighted by atomic mass is 10.4. The van der Waals surface area contributed by atoms with Gasteiger partial charge in [-0.15, -0.1) is 0 Å². The van der Waals surface area contributed by atoms with E-state index < -0.39 is 0 Å². The molecule has 1 amide bonds. The van der Waals surface area contributed by atoms with E-state index in [2.05, 4.69) is 0 Å². The highest BCUT2D eigenvalue weighted by Crippen LogP contribution is 1.87. The minimum absolute atomic E-state index is 0.128. The molecule has 0 radical (unpaired) electrons. The first-order valence-electron chi connectivity index (χ1n) is 3.14. The molecule has 0 aromatic rings. The molecule has 0 aliphatic rings. The van der Waals surface area contributed by atoms with Crippen molar-refractivity contribution in [1.29, 1.82) is 5.26 Å². The lowest BCUT2D eigenvalue weighted by Gasteiger charge is -2.12. The van der Waals surface area contributed by atoms with Gasteiger partial charge in [-0.05, 0) is 6.42 Å². The molecule has 0 spiro atoms. The van der Waals surface area contributed by atoms with Crippen LogP contribution in [0, 0.1) is 11.3 Å². The number of amides is 1. The summed E-state index contributed by atoms with van der Waals surface area (Å²) in [6.07, 6.45) is 0.685. The van der Waals surface area contributed by atoms with Crippen molar-refractivity contribution in [3.63, 3.8) is 0 Å². The minimum Gasteiger partial charge on any atom is -0.280 e. The zero-order valence-corrected chi connectivity index (χ0v) is 6.00. The number of carbonyl (C=O) groups excluding carboxylic acids is 1. The molecule has 0 atom stereocenters. The normalized spacial score (nSPS) is 8.50. The lowest BCUT2D eigenvalue weighted by Crippen LogP contribution is -2.37. The summed E-state index contributed by atoms with van der Waals surface area (Å²) in [5.74, 6) is 4.93. The lowest BCUT2D eigenvalue weighted by molar-refractivity contribution is -0.130. The molecule has 0 bridgehead atoms. The van der Waals surface area contributed by atoms with Gasteiger partial charge in [-0.25, -0.2) is 5.84 Å². The average molecular weight is 141 g/mol. The molecule has 0 unspecified atom stereocenters. The number of nitrogens with two attached hydrogens (primary N) is 1. The molecular weight excluding hydrogens is 130 g/mol. The van der Waals surface area contributed by atoms with Gasteiger partial charge in [-0.1, -0.05) is 6.92 Å². The summed E-state index contributed by atoms with van der Waals surface area (Å²) in [5, 5.41) is 9.17. The zero-order chi connectivity index (χ0) is 7.98. The topological polar surface area (TPSA) is 70.1 Å². The molecule has 0 aromatic heterocycles. The predicted molar refractivity (Wildman–Crippen MR) is 36.4 cm³/mol. The summed E-state index contributed by atoms with van der Waals surface area (Å²) < 4.78 is 0. The van der Waals surface area contributed by atoms with E-state index in [9.17, 15) is 4.79 Å². The Balaban J connectivity index is 3.62. The van der Waals surface area contributed by atoms with Gasteiger partial charge in [0.15, 0.2) is 0 Å². The molecule has 0 saturated heterocycles. The molecule has 0 aliphatic carbocycles. The first kappa shape index (κ1) is 8.92. The predicted octanol–water partition coefficient (Wildman–Crippen LogP) is 0.0124. The first-order valence-corrected chi connectivity index (χ1v) is 3.14. The minimum atomic E-state index is -0.315. The Bertz CT molecular complexity index is 150. The molecular formula is C6H11N3O. The van der Waals surface area contributed by atoms with Crippen LogP contribution in [-0.4, -0.2) is 17.5 Å². The standard InChI is InChI=1S/C6H11N3O/c1-2-5-9(8)6(10)3-4-7/h2-3,5,8H2,1H3. The second kappa shape index (κ2) is 4.77. The molecule has 56 valence electrons. The van der Waals surface area contributed by atoms with Gasteiger partial charge < -0.3 is 0 Å². The van der Waals surface area contributed by atoms with Crippen LogP contribution < -0.4 is 5.84 Å². The van der Waals surface area contributed by atoms with Crippen molar-refractivity contribution in [3.05, 3.63) is 0 Å². The van der Waals surface area contributed by atoms with Crippen LogP contribution >= 0.6 is 0 Å². The number of rotatable bonds is 3. The molecule has 0 fully saturated rings. The molecule has 0 saturated carbocycles. The van der Waals surface area contributed by atoms with Gasteiger partial charge in [0.2, 0.25) is 0 Å². The third-order valence-corrected chi connectivity index (χ3v) is 1.02. The van der Waals surface area contributed by atoms with E-state index in [1.54, 1.807) is 6.07 Å². The Labute approximate surface area is 60.2 Å². The molecule has 0 aliphatic heterocycles. The monoisotopic (exact) mass is 141 g/mol. The van der Waals surface area contributed by atoms with Crippen molar-refractivity contribution in [2.24, 2.45) is 5.84 Å². The third-order valence-electron chi connectivity index (χ3n) is 1.02. The Morgan fingerprint density at radius 3 is 2.80 bits per heavy atom. The highest BCUT2D eigenvalue weighted by Gasteiger charge is 2.05. The summed E-state index contributed by atoms with van der Waals surface area (Å²) in [7, 11) is 0. The Kier molecular flexibility index (Phi) is 4.25. The van der Waals surface area contributed by atoms with Crippen LogP contribution in [-0.2, 0) is 4.79 Å². The fourth-order valence-electron chi connectivity index (χ4n) is 0.535. The molecule has 0 rings (SSSR count). The van der Waals surface area contributed by atoms with Crippen LogP contribution in [0.5, 0.6) is 0 Å². The SMILES string of the molecule is CCCN(N)C(=O)CC#N. The van der Waals surface area contributed by atoms with Crippen LogP contribution in [0.4, 0.5) is 0 Å². The second-order valence-electron chi connectivity index (χ2n) is 1.92. The van der Waals surface area contributed by atoms with Crippen molar-refractivity contribution >= 4 is 5.91 Å². The fourth-order valence-corrected chi connectivity index (χ4v) is 0.535. The summed E-state index contributed by atoms with van der Waals surface area (Å²) in [4.78, 5) is 10.7. The van der Waals surface area contributed by atoms with Gasteiger partial charge in [-0.2, -0.15) is 5.26 Å². The maximum Gasteiger partial charge on any atom is 0.250 e. The second-order valence-corrected chi connectivity index (χ2v) is 1.92. The molecule has 10 heavy (non-hydrogen) atoms. The number of nitriles is 1. The molecule has 4 nitrogen and oxygen atoms in total. The highest BCUT2D eigenvalue weighted by atomic mass is 16.2. The van der Waals surface area contributed by atoms with Crippen molar-refractivity contribution in [3.8, 4) is 6.07 Å². The zero-order valence-electron chi connectivity index (χ0n) is 6.00. The Morgan fingerprint density at radius 1 is 1.80 bits per heavy atom. The molecule has 2 N–H and O–H groups in total. The van der Waals surface area contributed by atoms with Gasteiger partial charge in [0.05, 0.1) is 6.07 Å². The number of hydrogen-bond acceptors (Lipinski definition) is 3. The van der Waals surface area contributed by atoms with Crippen LogP contribution in [0.1, 0.15) is 19.8 Å². The van der Waals surface area contributed by atoms with Gasteiger partial charge in [0, 0.05) is 6.54 Å². The fraction of sp³-hybridized carbons (Fsp3) is 0.667. The molecule has 0 aromatic carbocycles. The third kappa shape index (κ3) is 3.05. The van der Waals surface area contributed by atoms with Crippen LogP contribution in [0.3, 0.4) is 0 Å². The summed E-state index contributed by atoms with van der Waals surface area (Å²) in [6.45, 7) is 2.43. The van der Waals surface area contributed by atoms with Crippen LogP contribution in [0.25, 0.3) is 0 Å². The van der Waals surface area contributed by atoms with E-state index in [0.717, 1.165) is 11.4 Å².